The molecule has 0 aliphatic heterocycles. The molecule has 0 aromatic rings. The number of hydrogen-bond donors (Lipinski definition) is 0. The highest BCUT2D eigenvalue weighted by molar-refractivity contribution is 6.12. The van der Waals surface area contributed by atoms with Gasteiger partial charge in [0.15, 0.2) is 0 Å². The number of rotatable bonds is 7. The molecule has 0 spiro atoms. The van der Waals surface area contributed by atoms with Crippen molar-refractivity contribution in [1.29, 1.82) is 0 Å². The second-order valence-corrected chi connectivity index (χ2v) is 6.56. The first-order valence-corrected chi connectivity index (χ1v) is 7.30. The average Bonchev–Trinajstić information content (AvgIpc) is 2.23. The van der Waals surface area contributed by atoms with Gasteiger partial charge in [-0.3, -0.25) is 0 Å². The van der Waals surface area contributed by atoms with E-state index in [0.29, 0.717) is 5.41 Å². The molecule has 0 aromatic carbocycles. The molecule has 0 aromatic heterocycles. The van der Waals surface area contributed by atoms with E-state index < -0.39 is 0 Å². The van der Waals surface area contributed by atoms with E-state index in [4.69, 9.17) is 0 Å². The molecule has 0 amide bonds. The normalized spacial score (nSPS) is 16.8. The van der Waals surface area contributed by atoms with Gasteiger partial charge >= 0.3 is 0 Å². The van der Waals surface area contributed by atoms with Crippen LogP contribution in [-0.4, -0.2) is 7.85 Å². The lowest BCUT2D eigenvalue weighted by molar-refractivity contribution is 0.104. The van der Waals surface area contributed by atoms with Gasteiger partial charge in [-0.05, 0) is 23.7 Å². The summed E-state index contributed by atoms with van der Waals surface area (Å²) in [7, 11) is 2.44. The summed E-state index contributed by atoms with van der Waals surface area (Å²) >= 11 is 0. The third-order valence-electron chi connectivity index (χ3n) is 5.03. The molecule has 0 radical (unpaired) electrons. The van der Waals surface area contributed by atoms with Crippen molar-refractivity contribution >= 4 is 7.85 Å². The minimum absolute atomic E-state index is 0.567. The maximum Gasteiger partial charge on any atom is 0.106 e. The van der Waals surface area contributed by atoms with Gasteiger partial charge in [-0.15, -0.1) is 0 Å². The van der Waals surface area contributed by atoms with E-state index in [1.54, 1.807) is 0 Å². The molecule has 0 nitrogen and oxygen atoms in total. The van der Waals surface area contributed by atoms with Crippen molar-refractivity contribution in [2.45, 2.75) is 73.5 Å². The van der Waals surface area contributed by atoms with Gasteiger partial charge in [0.2, 0.25) is 0 Å². The quantitative estimate of drug-likeness (QED) is 0.556. The van der Waals surface area contributed by atoms with E-state index in [9.17, 15) is 0 Å². The molecular formula is C15H33B. The molecule has 2 unspecified atom stereocenters. The van der Waals surface area contributed by atoms with Gasteiger partial charge in [0.1, 0.15) is 7.85 Å². The van der Waals surface area contributed by atoms with Crippen molar-refractivity contribution in [3.05, 3.63) is 0 Å². The summed E-state index contributed by atoms with van der Waals surface area (Å²) < 4.78 is 0. The Bertz CT molecular complexity index is 180. The van der Waals surface area contributed by atoms with E-state index in [2.05, 4.69) is 56.3 Å². The first-order chi connectivity index (χ1) is 7.30. The van der Waals surface area contributed by atoms with Crippen LogP contribution in [0.25, 0.3) is 0 Å². The Morgan fingerprint density at radius 3 is 1.62 bits per heavy atom. The van der Waals surface area contributed by atoms with E-state index in [-0.39, 0.29) is 0 Å². The van der Waals surface area contributed by atoms with Gasteiger partial charge in [-0.25, -0.2) is 0 Å². The smallest absolute Gasteiger partial charge is 0.0648 e. The molecule has 0 aliphatic rings. The Labute approximate surface area is 105 Å². The van der Waals surface area contributed by atoms with Crippen molar-refractivity contribution in [3.8, 4) is 0 Å². The van der Waals surface area contributed by atoms with Crippen LogP contribution in [0.2, 0.25) is 5.82 Å². The lowest BCUT2D eigenvalue weighted by Gasteiger charge is -2.44. The molecule has 0 aliphatic carbocycles. The topological polar surface area (TPSA) is 0 Å². The van der Waals surface area contributed by atoms with E-state index in [1.165, 1.54) is 19.3 Å². The molecule has 16 heavy (non-hydrogen) atoms. The summed E-state index contributed by atoms with van der Waals surface area (Å²) in [5, 5.41) is 0. The van der Waals surface area contributed by atoms with Crippen LogP contribution >= 0.6 is 0 Å². The van der Waals surface area contributed by atoms with Gasteiger partial charge in [0, 0.05) is 0 Å². The predicted octanol–water partition coefficient (Wildman–Crippen LogP) is 4.55. The Morgan fingerprint density at radius 1 is 0.938 bits per heavy atom. The minimum Gasteiger partial charge on any atom is -0.0648 e. The first kappa shape index (κ1) is 16.1. The summed E-state index contributed by atoms with van der Waals surface area (Å²) in [6.45, 7) is 16.7. The molecule has 0 saturated carbocycles. The first-order valence-electron chi connectivity index (χ1n) is 7.30. The minimum atomic E-state index is 0.567. The lowest BCUT2D eigenvalue weighted by atomic mass is 9.56. The Kier molecular flexibility index (Phi) is 6.74. The van der Waals surface area contributed by atoms with Crippen LogP contribution < -0.4 is 0 Å². The maximum atomic E-state index is 2.49. The summed E-state index contributed by atoms with van der Waals surface area (Å²) in [6.07, 6.45) is 4.05. The maximum absolute atomic E-state index is 2.49. The summed E-state index contributed by atoms with van der Waals surface area (Å²) in [5.41, 5.74) is 0.567. The van der Waals surface area contributed by atoms with Crippen molar-refractivity contribution in [2.24, 2.45) is 23.2 Å². The number of hydrogen-bond acceptors (Lipinski definition) is 0. The van der Waals surface area contributed by atoms with Gasteiger partial charge in [0.05, 0.1) is 0 Å². The van der Waals surface area contributed by atoms with Crippen molar-refractivity contribution in [1.82, 2.24) is 0 Å². The van der Waals surface area contributed by atoms with Crippen LogP contribution in [-0.2, 0) is 0 Å². The molecule has 0 saturated heterocycles. The zero-order valence-electron chi connectivity index (χ0n) is 12.9. The zero-order chi connectivity index (χ0) is 12.9. The summed E-state index contributed by atoms with van der Waals surface area (Å²) in [4.78, 5) is 0. The Morgan fingerprint density at radius 2 is 1.38 bits per heavy atom. The molecule has 96 valence electrons. The van der Waals surface area contributed by atoms with Crippen molar-refractivity contribution in [3.63, 3.8) is 0 Å². The molecule has 0 rings (SSSR count). The molecule has 0 heterocycles. The standard InChI is InChI=1S/C15H33B/c1-8-15(9-2,10-11(3)4)13(7)14(16)12(5)6/h11-14H,8-10,16H2,1-7H3. The summed E-state index contributed by atoms with van der Waals surface area (Å²) in [6, 6.07) is 0. The van der Waals surface area contributed by atoms with Crippen LogP contribution in [0.5, 0.6) is 0 Å². The van der Waals surface area contributed by atoms with Gasteiger partial charge < -0.3 is 0 Å². The Balaban J connectivity index is 4.87. The second kappa shape index (κ2) is 6.72. The lowest BCUT2D eigenvalue weighted by Crippen LogP contribution is -2.33. The molecule has 1 heteroatoms. The SMILES string of the molecule is BC(C(C)C)C(C)C(CC)(CC)CC(C)C. The van der Waals surface area contributed by atoms with E-state index >= 15 is 0 Å². The van der Waals surface area contributed by atoms with Crippen LogP contribution in [0.15, 0.2) is 0 Å². The van der Waals surface area contributed by atoms with Gasteiger partial charge in [-0.2, -0.15) is 0 Å². The summed E-state index contributed by atoms with van der Waals surface area (Å²) in [5.74, 6) is 3.30. The molecule has 0 fully saturated rings. The monoisotopic (exact) mass is 224 g/mol. The third kappa shape index (κ3) is 3.82. The zero-order valence-corrected chi connectivity index (χ0v) is 12.9. The molecule has 0 N–H and O–H groups in total. The van der Waals surface area contributed by atoms with Crippen LogP contribution in [0, 0.1) is 23.2 Å². The Hall–Kier alpha value is 0.0649. The second-order valence-electron chi connectivity index (χ2n) is 6.56. The highest BCUT2D eigenvalue weighted by Crippen LogP contribution is 2.47. The van der Waals surface area contributed by atoms with E-state index in [0.717, 1.165) is 23.6 Å². The fourth-order valence-electron chi connectivity index (χ4n) is 3.32. The van der Waals surface area contributed by atoms with Crippen molar-refractivity contribution in [2.75, 3.05) is 0 Å². The molecular weight excluding hydrogens is 191 g/mol. The highest BCUT2D eigenvalue weighted by atomic mass is 14.4. The van der Waals surface area contributed by atoms with Gasteiger partial charge in [-0.1, -0.05) is 73.0 Å². The van der Waals surface area contributed by atoms with Crippen LogP contribution in [0.3, 0.4) is 0 Å². The average molecular weight is 224 g/mol. The van der Waals surface area contributed by atoms with Crippen LogP contribution in [0.1, 0.15) is 67.7 Å². The molecule has 2 atom stereocenters. The highest BCUT2D eigenvalue weighted by Gasteiger charge is 2.36. The molecule has 0 bridgehead atoms. The van der Waals surface area contributed by atoms with E-state index in [1.807, 2.05) is 0 Å². The van der Waals surface area contributed by atoms with Crippen molar-refractivity contribution < 1.29 is 0 Å². The fourth-order valence-corrected chi connectivity index (χ4v) is 3.32. The third-order valence-corrected chi connectivity index (χ3v) is 5.03. The largest absolute Gasteiger partial charge is 0.106 e. The fraction of sp³-hybridized carbons (Fsp3) is 1.00. The van der Waals surface area contributed by atoms with Crippen LogP contribution in [0.4, 0.5) is 0 Å². The predicted molar refractivity (Wildman–Crippen MR) is 78.8 cm³/mol. The van der Waals surface area contributed by atoms with Gasteiger partial charge in [0.25, 0.3) is 0 Å².